The lowest BCUT2D eigenvalue weighted by Crippen LogP contribution is -2.19. The van der Waals surface area contributed by atoms with Gasteiger partial charge in [-0.2, -0.15) is 5.10 Å². The first-order valence-corrected chi connectivity index (χ1v) is 6.53. The van der Waals surface area contributed by atoms with Crippen LogP contribution in [-0.4, -0.2) is 27.3 Å². The van der Waals surface area contributed by atoms with E-state index in [1.165, 1.54) is 42.6 Å². The number of non-ortho nitro benzene ring substituents is 1. The van der Waals surface area contributed by atoms with E-state index in [1.807, 2.05) is 0 Å². The van der Waals surface area contributed by atoms with E-state index in [9.17, 15) is 20.0 Å². The van der Waals surface area contributed by atoms with E-state index in [0.29, 0.717) is 11.1 Å². The molecule has 0 spiro atoms. The Morgan fingerprint density at radius 1 is 1.22 bits per heavy atom. The van der Waals surface area contributed by atoms with Crippen LogP contribution in [0.5, 0.6) is 11.5 Å². The number of hydrazone groups is 1. The third-order valence-electron chi connectivity index (χ3n) is 2.92. The van der Waals surface area contributed by atoms with Crippen molar-refractivity contribution in [2.45, 2.75) is 6.42 Å². The van der Waals surface area contributed by atoms with Gasteiger partial charge in [0.1, 0.15) is 11.5 Å². The largest absolute Gasteiger partial charge is 0.508 e. The van der Waals surface area contributed by atoms with Gasteiger partial charge in [0.05, 0.1) is 17.6 Å². The highest BCUT2D eigenvalue weighted by atomic mass is 16.6. The minimum atomic E-state index is -0.516. The number of rotatable bonds is 5. The van der Waals surface area contributed by atoms with Crippen molar-refractivity contribution in [1.82, 2.24) is 5.43 Å². The number of hydrogen-bond donors (Lipinski definition) is 3. The normalized spacial score (nSPS) is 10.6. The molecule has 0 aliphatic carbocycles. The SMILES string of the molecule is O=C(Cc1ccc([N+](=O)[O-])cc1)N/N=C/c1ccc(O)cc1O. The smallest absolute Gasteiger partial charge is 0.269 e. The van der Waals surface area contributed by atoms with E-state index in [0.717, 1.165) is 6.07 Å². The van der Waals surface area contributed by atoms with Crippen LogP contribution < -0.4 is 5.43 Å². The number of phenolic OH excluding ortho intramolecular Hbond substituents is 2. The van der Waals surface area contributed by atoms with Gasteiger partial charge < -0.3 is 10.2 Å². The highest BCUT2D eigenvalue weighted by Gasteiger charge is 2.07. The zero-order valence-electron chi connectivity index (χ0n) is 11.8. The zero-order valence-corrected chi connectivity index (χ0v) is 11.8. The number of nitrogens with one attached hydrogen (secondary N) is 1. The second-order valence-electron chi connectivity index (χ2n) is 4.64. The van der Waals surface area contributed by atoms with Crippen molar-refractivity contribution >= 4 is 17.8 Å². The number of phenols is 2. The lowest BCUT2D eigenvalue weighted by Gasteiger charge is -2.01. The number of hydrogen-bond acceptors (Lipinski definition) is 6. The van der Waals surface area contributed by atoms with Crippen molar-refractivity contribution in [3.63, 3.8) is 0 Å². The number of benzene rings is 2. The standard InChI is InChI=1S/C15H13N3O5/c19-13-6-3-11(14(20)8-13)9-16-17-15(21)7-10-1-4-12(5-2-10)18(22)23/h1-6,8-9,19-20H,7H2,(H,17,21)/b16-9+. The molecule has 1 amide bonds. The maximum absolute atomic E-state index is 11.7. The Morgan fingerprint density at radius 3 is 2.52 bits per heavy atom. The van der Waals surface area contributed by atoms with Crippen molar-refractivity contribution < 1.29 is 19.9 Å². The van der Waals surface area contributed by atoms with Gasteiger partial charge in [-0.25, -0.2) is 5.43 Å². The Morgan fingerprint density at radius 2 is 1.91 bits per heavy atom. The predicted molar refractivity (Wildman–Crippen MR) is 82.3 cm³/mol. The molecule has 0 aliphatic rings. The molecule has 0 heterocycles. The van der Waals surface area contributed by atoms with Crippen molar-refractivity contribution in [1.29, 1.82) is 0 Å². The Labute approximate surface area is 130 Å². The highest BCUT2D eigenvalue weighted by molar-refractivity contribution is 5.85. The topological polar surface area (TPSA) is 125 Å². The first kappa shape index (κ1) is 16.0. The fourth-order valence-electron chi connectivity index (χ4n) is 1.78. The molecule has 0 fully saturated rings. The van der Waals surface area contributed by atoms with Crippen LogP contribution in [-0.2, 0) is 11.2 Å². The zero-order chi connectivity index (χ0) is 16.8. The summed E-state index contributed by atoms with van der Waals surface area (Å²) < 4.78 is 0. The van der Waals surface area contributed by atoms with Crippen LogP contribution in [0.1, 0.15) is 11.1 Å². The predicted octanol–water partition coefficient (Wildman–Crippen LogP) is 1.70. The van der Waals surface area contributed by atoms with Crippen molar-refractivity contribution in [2.24, 2.45) is 5.10 Å². The van der Waals surface area contributed by atoms with E-state index in [4.69, 9.17) is 5.11 Å². The van der Waals surface area contributed by atoms with Crippen LogP contribution in [0.4, 0.5) is 5.69 Å². The van der Waals surface area contributed by atoms with Crippen molar-refractivity contribution in [2.75, 3.05) is 0 Å². The van der Waals surface area contributed by atoms with Crippen LogP contribution in [0.3, 0.4) is 0 Å². The molecular weight excluding hydrogens is 302 g/mol. The molecule has 8 nitrogen and oxygen atoms in total. The minimum Gasteiger partial charge on any atom is -0.508 e. The molecule has 3 N–H and O–H groups in total. The molecule has 0 saturated heterocycles. The number of amides is 1. The van der Waals surface area contributed by atoms with Crippen LogP contribution in [0, 0.1) is 10.1 Å². The second-order valence-corrected chi connectivity index (χ2v) is 4.64. The molecular formula is C15H13N3O5. The molecule has 0 aromatic heterocycles. The molecule has 0 bridgehead atoms. The molecule has 2 aromatic carbocycles. The molecule has 2 aromatic rings. The Bertz CT molecular complexity index is 756. The molecule has 0 unspecified atom stereocenters. The summed E-state index contributed by atoms with van der Waals surface area (Å²) in [6, 6.07) is 9.59. The van der Waals surface area contributed by atoms with Gasteiger partial charge in [-0.1, -0.05) is 12.1 Å². The van der Waals surface area contributed by atoms with Crippen LogP contribution >= 0.6 is 0 Å². The number of carbonyl (C=O) groups excluding carboxylic acids is 1. The van der Waals surface area contributed by atoms with Gasteiger partial charge in [0, 0.05) is 23.8 Å². The third kappa shape index (κ3) is 4.53. The molecule has 0 radical (unpaired) electrons. The monoisotopic (exact) mass is 315 g/mol. The van der Waals surface area contributed by atoms with Gasteiger partial charge in [0.15, 0.2) is 0 Å². The van der Waals surface area contributed by atoms with Gasteiger partial charge in [0.25, 0.3) is 5.69 Å². The Kier molecular flexibility index (Phi) is 4.88. The summed E-state index contributed by atoms with van der Waals surface area (Å²) in [5, 5.41) is 32.9. The highest BCUT2D eigenvalue weighted by Crippen LogP contribution is 2.20. The fraction of sp³-hybridized carbons (Fsp3) is 0.0667. The fourth-order valence-corrected chi connectivity index (χ4v) is 1.78. The van der Waals surface area contributed by atoms with Gasteiger partial charge in [-0.05, 0) is 17.7 Å². The molecule has 23 heavy (non-hydrogen) atoms. The lowest BCUT2D eigenvalue weighted by molar-refractivity contribution is -0.384. The summed E-state index contributed by atoms with van der Waals surface area (Å²) in [6.45, 7) is 0. The van der Waals surface area contributed by atoms with Gasteiger partial charge in [-0.3, -0.25) is 14.9 Å². The van der Waals surface area contributed by atoms with E-state index in [-0.39, 0.29) is 23.6 Å². The van der Waals surface area contributed by atoms with Gasteiger partial charge >= 0.3 is 0 Å². The number of nitro groups is 1. The van der Waals surface area contributed by atoms with Crippen molar-refractivity contribution in [3.8, 4) is 11.5 Å². The van der Waals surface area contributed by atoms with Gasteiger partial charge in [-0.15, -0.1) is 0 Å². The summed E-state index contributed by atoms with van der Waals surface area (Å²) in [4.78, 5) is 21.7. The first-order valence-electron chi connectivity index (χ1n) is 6.53. The third-order valence-corrected chi connectivity index (χ3v) is 2.92. The first-order chi connectivity index (χ1) is 11.0. The van der Waals surface area contributed by atoms with E-state index in [1.54, 1.807) is 0 Å². The summed E-state index contributed by atoms with van der Waals surface area (Å²) in [6.07, 6.45) is 1.25. The lowest BCUT2D eigenvalue weighted by atomic mass is 10.1. The number of nitro benzene ring substituents is 1. The maximum Gasteiger partial charge on any atom is 0.269 e. The molecule has 118 valence electrons. The molecule has 0 atom stereocenters. The second kappa shape index (κ2) is 7.03. The number of aromatic hydroxyl groups is 2. The quantitative estimate of drug-likeness (QED) is 0.440. The number of carbonyl (C=O) groups is 1. The van der Waals surface area contributed by atoms with Crippen molar-refractivity contribution in [3.05, 3.63) is 63.7 Å². The van der Waals surface area contributed by atoms with E-state index < -0.39 is 10.8 Å². The molecule has 2 rings (SSSR count). The maximum atomic E-state index is 11.7. The van der Waals surface area contributed by atoms with Crippen LogP contribution in [0.15, 0.2) is 47.6 Å². The summed E-state index contributed by atoms with van der Waals surface area (Å²) in [5.41, 5.74) is 3.17. The minimum absolute atomic E-state index is 0.0108. The molecule has 0 saturated carbocycles. The van der Waals surface area contributed by atoms with Crippen LogP contribution in [0.2, 0.25) is 0 Å². The van der Waals surface area contributed by atoms with E-state index >= 15 is 0 Å². The Hall–Kier alpha value is -3.42. The summed E-state index contributed by atoms with van der Waals surface area (Å²) in [7, 11) is 0. The van der Waals surface area contributed by atoms with Gasteiger partial charge in [0.2, 0.25) is 5.91 Å². The molecule has 8 heteroatoms. The number of nitrogens with zero attached hydrogens (tertiary/aromatic N) is 2. The Balaban J connectivity index is 1.92. The average molecular weight is 315 g/mol. The summed E-state index contributed by atoms with van der Waals surface area (Å²) in [5.74, 6) is -0.659. The molecule has 0 aliphatic heterocycles. The van der Waals surface area contributed by atoms with E-state index in [2.05, 4.69) is 10.5 Å². The summed E-state index contributed by atoms with van der Waals surface area (Å²) >= 11 is 0. The average Bonchev–Trinajstić information content (AvgIpc) is 2.50. The van der Waals surface area contributed by atoms with Crippen LogP contribution in [0.25, 0.3) is 0 Å².